The van der Waals surface area contributed by atoms with Crippen molar-refractivity contribution < 1.29 is 23.8 Å². The maximum atomic E-state index is 12.2. The molecule has 1 aromatic heterocycles. The second kappa shape index (κ2) is 9.18. The molecule has 2 heterocycles. The summed E-state index contributed by atoms with van der Waals surface area (Å²) < 4.78 is 10.1. The van der Waals surface area contributed by atoms with Crippen LogP contribution in [0.15, 0.2) is 45.6 Å². The summed E-state index contributed by atoms with van der Waals surface area (Å²) in [5.41, 5.74) is 0.140. The number of anilines is 2. The van der Waals surface area contributed by atoms with Crippen LogP contribution in [0.4, 0.5) is 11.4 Å². The van der Waals surface area contributed by atoms with Crippen LogP contribution in [0.2, 0.25) is 0 Å². The Hall–Kier alpha value is -3.13. The van der Waals surface area contributed by atoms with Gasteiger partial charge in [-0.15, -0.1) is 0 Å². The summed E-state index contributed by atoms with van der Waals surface area (Å²) in [5, 5.41) is 14.8. The first-order valence-corrected chi connectivity index (χ1v) is 9.13. The second-order valence-electron chi connectivity index (χ2n) is 6.68. The molecule has 1 saturated heterocycles. The summed E-state index contributed by atoms with van der Waals surface area (Å²) in [4.78, 5) is 35.6. The number of carbonyl (C=O) groups excluding carboxylic acids is 2. The fraction of sp³-hybridized carbons (Fsp3) is 0.350. The molecule has 1 aliphatic rings. The molecule has 2 aromatic rings. The molecule has 28 heavy (non-hydrogen) atoms. The van der Waals surface area contributed by atoms with Gasteiger partial charge < -0.3 is 24.9 Å². The summed E-state index contributed by atoms with van der Waals surface area (Å²) in [5.74, 6) is -0.921. The third kappa shape index (κ3) is 5.68. The molecule has 8 heteroatoms. The molecular formula is C20H22N2O6. The van der Waals surface area contributed by atoms with Crippen molar-refractivity contribution in [1.82, 2.24) is 0 Å². The molecule has 2 amide bonds. The van der Waals surface area contributed by atoms with Gasteiger partial charge in [-0.3, -0.25) is 9.59 Å². The topological polar surface area (TPSA) is 118 Å². The fourth-order valence-electron chi connectivity index (χ4n) is 3.04. The van der Waals surface area contributed by atoms with Gasteiger partial charge >= 0.3 is 5.63 Å². The summed E-state index contributed by atoms with van der Waals surface area (Å²) >= 11 is 0. The van der Waals surface area contributed by atoms with Crippen molar-refractivity contribution in [2.75, 3.05) is 23.8 Å². The zero-order valence-electron chi connectivity index (χ0n) is 15.3. The third-order valence-corrected chi connectivity index (χ3v) is 4.50. The largest absolute Gasteiger partial charge is 0.508 e. The number of carbonyl (C=O) groups is 2. The van der Waals surface area contributed by atoms with Gasteiger partial charge in [0.25, 0.3) is 5.91 Å². The Kier molecular flexibility index (Phi) is 6.44. The van der Waals surface area contributed by atoms with Crippen LogP contribution in [0.5, 0.6) is 5.75 Å². The molecule has 0 radical (unpaired) electrons. The Morgan fingerprint density at radius 2 is 1.79 bits per heavy atom. The summed E-state index contributed by atoms with van der Waals surface area (Å²) in [7, 11) is 0. The maximum Gasteiger partial charge on any atom is 0.340 e. The van der Waals surface area contributed by atoms with Crippen LogP contribution in [0.1, 0.15) is 36.2 Å². The first kappa shape index (κ1) is 19.6. The van der Waals surface area contributed by atoms with Gasteiger partial charge in [0.2, 0.25) is 5.91 Å². The quantitative estimate of drug-likeness (QED) is 0.703. The number of rotatable bonds is 6. The van der Waals surface area contributed by atoms with Crippen molar-refractivity contribution in [2.45, 2.75) is 25.7 Å². The summed E-state index contributed by atoms with van der Waals surface area (Å²) in [6, 6.07) is 8.56. The van der Waals surface area contributed by atoms with E-state index in [1.165, 1.54) is 0 Å². The lowest BCUT2D eigenvalue weighted by Crippen LogP contribution is -2.19. The van der Waals surface area contributed by atoms with Gasteiger partial charge in [-0.1, -0.05) is 6.07 Å². The van der Waals surface area contributed by atoms with Gasteiger partial charge in [0.05, 0.1) is 6.07 Å². The van der Waals surface area contributed by atoms with Crippen molar-refractivity contribution in [3.8, 4) is 5.75 Å². The highest BCUT2D eigenvalue weighted by Gasteiger charge is 2.16. The highest BCUT2D eigenvalue weighted by atomic mass is 16.5. The Bertz CT molecular complexity index is 902. The monoisotopic (exact) mass is 386 g/mol. The smallest absolute Gasteiger partial charge is 0.340 e. The van der Waals surface area contributed by atoms with Crippen LogP contribution in [-0.2, 0) is 9.53 Å². The summed E-state index contributed by atoms with van der Waals surface area (Å²) in [6.07, 6.45) is 3.22. The zero-order valence-corrected chi connectivity index (χ0v) is 15.3. The van der Waals surface area contributed by atoms with Crippen LogP contribution in [0.3, 0.4) is 0 Å². The van der Waals surface area contributed by atoms with Gasteiger partial charge in [-0.2, -0.15) is 0 Å². The van der Waals surface area contributed by atoms with E-state index in [2.05, 4.69) is 10.6 Å². The predicted octanol–water partition coefficient (Wildman–Crippen LogP) is 2.74. The lowest BCUT2D eigenvalue weighted by atomic mass is 9.95. The van der Waals surface area contributed by atoms with Crippen LogP contribution in [0, 0.1) is 5.92 Å². The van der Waals surface area contributed by atoms with E-state index in [1.54, 1.807) is 24.3 Å². The maximum absolute atomic E-state index is 12.2. The number of nitrogens with one attached hydrogen (secondary N) is 2. The lowest BCUT2D eigenvalue weighted by molar-refractivity contribution is -0.116. The minimum absolute atomic E-state index is 0.0889. The summed E-state index contributed by atoms with van der Waals surface area (Å²) in [6.45, 7) is 1.51. The normalized spacial score (nSPS) is 14.4. The first-order chi connectivity index (χ1) is 13.5. The highest BCUT2D eigenvalue weighted by Crippen LogP contribution is 2.21. The van der Waals surface area contributed by atoms with E-state index in [1.807, 2.05) is 0 Å². The molecule has 0 unspecified atom stereocenters. The van der Waals surface area contributed by atoms with E-state index >= 15 is 0 Å². The average molecular weight is 386 g/mol. The molecule has 8 nitrogen and oxygen atoms in total. The van der Waals surface area contributed by atoms with E-state index in [0.717, 1.165) is 44.6 Å². The average Bonchev–Trinajstić information content (AvgIpc) is 2.67. The van der Waals surface area contributed by atoms with Crippen molar-refractivity contribution >= 4 is 23.2 Å². The molecule has 1 fully saturated rings. The number of amides is 2. The molecule has 3 N–H and O–H groups in total. The van der Waals surface area contributed by atoms with E-state index < -0.39 is 11.5 Å². The standard InChI is InChI=1S/C20H22N2O6/c23-16-11-17(28-19(25)12-16)20(26)22-15-3-1-2-14(10-15)21-18(24)5-4-13-6-8-27-9-7-13/h1-3,10-13,23H,4-9H2,(H,21,24)(H,22,26). The van der Waals surface area contributed by atoms with E-state index in [9.17, 15) is 19.5 Å². The number of hydrogen-bond donors (Lipinski definition) is 3. The van der Waals surface area contributed by atoms with E-state index in [4.69, 9.17) is 9.15 Å². The van der Waals surface area contributed by atoms with Crippen LogP contribution in [0.25, 0.3) is 0 Å². The van der Waals surface area contributed by atoms with Gasteiger partial charge in [-0.25, -0.2) is 4.79 Å². The Morgan fingerprint density at radius 1 is 1.07 bits per heavy atom. The minimum atomic E-state index is -0.823. The van der Waals surface area contributed by atoms with Crippen molar-refractivity contribution in [2.24, 2.45) is 5.92 Å². The number of benzene rings is 1. The van der Waals surface area contributed by atoms with Crippen LogP contribution >= 0.6 is 0 Å². The number of aromatic hydroxyl groups is 1. The number of ether oxygens (including phenoxy) is 1. The molecule has 0 atom stereocenters. The molecule has 1 aliphatic heterocycles. The van der Waals surface area contributed by atoms with Crippen molar-refractivity contribution in [1.29, 1.82) is 0 Å². The minimum Gasteiger partial charge on any atom is -0.508 e. The Labute approximate surface area is 161 Å². The molecular weight excluding hydrogens is 364 g/mol. The molecule has 148 valence electrons. The predicted molar refractivity (Wildman–Crippen MR) is 102 cm³/mol. The second-order valence-corrected chi connectivity index (χ2v) is 6.68. The molecule has 1 aromatic carbocycles. The molecule has 0 saturated carbocycles. The fourth-order valence-corrected chi connectivity index (χ4v) is 3.04. The third-order valence-electron chi connectivity index (χ3n) is 4.50. The molecule has 0 aliphatic carbocycles. The zero-order chi connectivity index (χ0) is 19.9. The highest BCUT2D eigenvalue weighted by molar-refractivity contribution is 6.02. The Balaban J connectivity index is 1.56. The van der Waals surface area contributed by atoms with Crippen molar-refractivity contribution in [3.05, 3.63) is 52.6 Å². The number of hydrogen-bond acceptors (Lipinski definition) is 6. The van der Waals surface area contributed by atoms with Gasteiger partial charge in [0, 0.05) is 37.1 Å². The molecule has 0 spiro atoms. The molecule has 3 rings (SSSR count). The van der Waals surface area contributed by atoms with Crippen LogP contribution < -0.4 is 16.3 Å². The SMILES string of the molecule is O=C(CCC1CCOCC1)Nc1cccc(NC(=O)c2cc(O)cc(=O)o2)c1. The van der Waals surface area contributed by atoms with Gasteiger partial charge in [0.1, 0.15) is 5.75 Å². The van der Waals surface area contributed by atoms with Gasteiger partial charge in [0.15, 0.2) is 5.76 Å². The molecule has 0 bridgehead atoms. The van der Waals surface area contributed by atoms with Crippen molar-refractivity contribution in [3.63, 3.8) is 0 Å². The first-order valence-electron chi connectivity index (χ1n) is 9.13. The van der Waals surface area contributed by atoms with Gasteiger partial charge in [-0.05, 0) is 43.4 Å². The Morgan fingerprint density at radius 3 is 2.50 bits per heavy atom. The van der Waals surface area contributed by atoms with E-state index in [-0.39, 0.29) is 17.4 Å². The lowest BCUT2D eigenvalue weighted by Gasteiger charge is -2.21. The van der Waals surface area contributed by atoms with Crippen LogP contribution in [-0.4, -0.2) is 30.1 Å². The van der Waals surface area contributed by atoms with E-state index in [0.29, 0.717) is 23.7 Å².